The van der Waals surface area contributed by atoms with E-state index in [4.69, 9.17) is 9.63 Å². The van der Waals surface area contributed by atoms with E-state index in [0.29, 0.717) is 11.3 Å². The number of rotatable bonds is 3. The summed E-state index contributed by atoms with van der Waals surface area (Å²) in [5, 5.41) is 12.3. The Labute approximate surface area is 130 Å². The smallest absolute Gasteiger partial charge is 0.358 e. The second-order valence-electron chi connectivity index (χ2n) is 5.16. The molecule has 3 rings (SSSR count). The van der Waals surface area contributed by atoms with E-state index in [-0.39, 0.29) is 36.4 Å². The maximum Gasteiger partial charge on any atom is 0.358 e. The van der Waals surface area contributed by atoms with Crippen LogP contribution >= 0.6 is 0 Å². The van der Waals surface area contributed by atoms with Gasteiger partial charge in [-0.05, 0) is 12.1 Å². The van der Waals surface area contributed by atoms with E-state index in [1.54, 1.807) is 31.3 Å². The molecule has 0 spiro atoms. The molecule has 0 radical (unpaired) electrons. The van der Waals surface area contributed by atoms with Gasteiger partial charge in [-0.2, -0.15) is 0 Å². The van der Waals surface area contributed by atoms with E-state index in [9.17, 15) is 14.4 Å². The molecule has 23 heavy (non-hydrogen) atoms. The van der Waals surface area contributed by atoms with Crippen molar-refractivity contribution in [2.75, 3.05) is 25.0 Å². The molecule has 1 saturated heterocycles. The molecule has 0 unspecified atom stereocenters. The van der Waals surface area contributed by atoms with Gasteiger partial charge in [-0.1, -0.05) is 17.3 Å². The fourth-order valence-electron chi connectivity index (χ4n) is 2.29. The molecule has 1 N–H and O–H groups in total. The molecule has 8 heteroatoms. The Morgan fingerprint density at radius 1 is 1.22 bits per heavy atom. The molecule has 8 nitrogen and oxygen atoms in total. The van der Waals surface area contributed by atoms with E-state index in [2.05, 4.69) is 5.16 Å². The number of likely N-dealkylation sites (N-methyl/N-ethyl adjacent to an activating group) is 1. The van der Waals surface area contributed by atoms with Crippen molar-refractivity contribution in [3.8, 4) is 11.3 Å². The summed E-state index contributed by atoms with van der Waals surface area (Å²) in [7, 11) is 1.58. The van der Waals surface area contributed by atoms with Crippen molar-refractivity contribution >= 4 is 23.5 Å². The molecule has 0 aliphatic carbocycles. The van der Waals surface area contributed by atoms with Crippen LogP contribution in [0.1, 0.15) is 10.5 Å². The van der Waals surface area contributed by atoms with Crippen LogP contribution in [0.25, 0.3) is 11.3 Å². The maximum atomic E-state index is 12.1. The molecule has 1 aliphatic heterocycles. The molecular weight excluding hydrogens is 302 g/mol. The van der Waals surface area contributed by atoms with Gasteiger partial charge in [0.05, 0.1) is 6.54 Å². The summed E-state index contributed by atoms with van der Waals surface area (Å²) in [6, 6.07) is 8.07. The van der Waals surface area contributed by atoms with Crippen LogP contribution in [0.15, 0.2) is 34.9 Å². The van der Waals surface area contributed by atoms with Gasteiger partial charge in [-0.15, -0.1) is 0 Å². The molecular formula is C15H13N3O5. The molecule has 2 heterocycles. The number of piperazine rings is 1. The zero-order valence-corrected chi connectivity index (χ0v) is 12.2. The monoisotopic (exact) mass is 315 g/mol. The lowest BCUT2D eigenvalue weighted by atomic mass is 10.1. The van der Waals surface area contributed by atoms with Crippen LogP contribution in [0.4, 0.5) is 5.69 Å². The summed E-state index contributed by atoms with van der Waals surface area (Å²) >= 11 is 0. The molecule has 0 bridgehead atoms. The molecule has 118 valence electrons. The Bertz CT molecular complexity index is 798. The summed E-state index contributed by atoms with van der Waals surface area (Å²) in [6.07, 6.45) is 0. The molecule has 1 fully saturated rings. The Morgan fingerprint density at radius 2 is 2.00 bits per heavy atom. The minimum absolute atomic E-state index is 0.0224. The zero-order chi connectivity index (χ0) is 16.6. The summed E-state index contributed by atoms with van der Waals surface area (Å²) in [5.74, 6) is -1.25. The third-order valence-corrected chi connectivity index (χ3v) is 3.56. The Morgan fingerprint density at radius 3 is 2.70 bits per heavy atom. The fraction of sp³-hybridized carbons (Fsp3) is 0.200. The fourth-order valence-corrected chi connectivity index (χ4v) is 2.29. The number of hydrogen-bond acceptors (Lipinski definition) is 5. The lowest BCUT2D eigenvalue weighted by molar-refractivity contribution is -0.136. The van der Waals surface area contributed by atoms with Crippen LogP contribution in [0, 0.1) is 0 Å². The van der Waals surface area contributed by atoms with Crippen molar-refractivity contribution < 1.29 is 24.0 Å². The van der Waals surface area contributed by atoms with Crippen molar-refractivity contribution in [1.29, 1.82) is 0 Å². The van der Waals surface area contributed by atoms with Crippen molar-refractivity contribution in [3.63, 3.8) is 0 Å². The lowest BCUT2D eigenvalue weighted by Gasteiger charge is -2.31. The summed E-state index contributed by atoms with van der Waals surface area (Å²) in [5.41, 5.74) is 0.917. The van der Waals surface area contributed by atoms with E-state index < -0.39 is 5.97 Å². The third kappa shape index (κ3) is 2.78. The molecule has 0 atom stereocenters. The zero-order valence-electron chi connectivity index (χ0n) is 12.2. The average molecular weight is 315 g/mol. The number of aromatic nitrogens is 1. The number of hydrogen-bond donors (Lipinski definition) is 1. The van der Waals surface area contributed by atoms with Gasteiger partial charge in [0, 0.05) is 24.4 Å². The number of nitrogens with zero attached hydrogens (tertiary/aromatic N) is 3. The first-order chi connectivity index (χ1) is 11.0. The number of aromatic carboxylic acids is 1. The van der Waals surface area contributed by atoms with Gasteiger partial charge >= 0.3 is 5.97 Å². The third-order valence-electron chi connectivity index (χ3n) is 3.56. The van der Waals surface area contributed by atoms with Crippen LogP contribution in [-0.4, -0.2) is 53.1 Å². The van der Waals surface area contributed by atoms with Crippen molar-refractivity contribution in [2.24, 2.45) is 0 Å². The van der Waals surface area contributed by atoms with Crippen molar-refractivity contribution in [1.82, 2.24) is 10.1 Å². The van der Waals surface area contributed by atoms with Crippen LogP contribution in [-0.2, 0) is 9.59 Å². The summed E-state index contributed by atoms with van der Waals surface area (Å²) < 4.78 is 5.01. The number of amides is 2. The minimum atomic E-state index is -1.18. The number of carbonyl (C=O) groups excluding carboxylic acids is 2. The van der Waals surface area contributed by atoms with Crippen molar-refractivity contribution in [3.05, 3.63) is 36.0 Å². The van der Waals surface area contributed by atoms with Gasteiger partial charge in [0.1, 0.15) is 6.54 Å². The van der Waals surface area contributed by atoms with Crippen LogP contribution in [0.3, 0.4) is 0 Å². The number of carbonyl (C=O) groups is 3. The van der Waals surface area contributed by atoms with Gasteiger partial charge in [-0.25, -0.2) is 4.79 Å². The van der Waals surface area contributed by atoms with Gasteiger partial charge in [-0.3, -0.25) is 9.59 Å². The van der Waals surface area contributed by atoms with E-state index in [1.165, 1.54) is 15.9 Å². The van der Waals surface area contributed by atoms with Gasteiger partial charge < -0.3 is 19.4 Å². The van der Waals surface area contributed by atoms with Gasteiger partial charge in [0.15, 0.2) is 11.5 Å². The van der Waals surface area contributed by atoms with Gasteiger partial charge in [0.2, 0.25) is 11.8 Å². The molecule has 1 aromatic heterocycles. The molecule has 0 saturated carbocycles. The standard InChI is InChI=1S/C15H13N3O5/c1-17-7-14(20)18(8-13(17)19)10-4-2-3-9(5-10)12-6-11(15(21)22)16-23-12/h2-6H,7-8H2,1H3,(H,21,22). The Hall–Kier alpha value is -3.16. The van der Waals surface area contributed by atoms with E-state index in [1.807, 2.05) is 0 Å². The lowest BCUT2D eigenvalue weighted by Crippen LogP contribution is -2.52. The van der Waals surface area contributed by atoms with E-state index in [0.717, 1.165) is 0 Å². The van der Waals surface area contributed by atoms with Crippen molar-refractivity contribution in [2.45, 2.75) is 0 Å². The summed E-state index contributed by atoms with van der Waals surface area (Å²) in [6.45, 7) is -0.00982. The number of benzene rings is 1. The Balaban J connectivity index is 1.91. The first kappa shape index (κ1) is 14.8. The number of anilines is 1. The first-order valence-corrected chi connectivity index (χ1v) is 6.80. The summed E-state index contributed by atoms with van der Waals surface area (Å²) in [4.78, 5) is 37.5. The largest absolute Gasteiger partial charge is 0.476 e. The maximum absolute atomic E-state index is 12.1. The van der Waals surface area contributed by atoms with Crippen LogP contribution in [0.5, 0.6) is 0 Å². The Kier molecular flexibility index (Phi) is 3.57. The SMILES string of the molecule is CN1CC(=O)N(c2cccc(-c3cc(C(=O)O)no3)c2)CC1=O. The number of carboxylic acid groups (broad SMARTS) is 1. The highest BCUT2D eigenvalue weighted by atomic mass is 16.5. The molecule has 2 amide bonds. The predicted octanol–water partition coefficient (Wildman–Crippen LogP) is 0.845. The topological polar surface area (TPSA) is 104 Å². The first-order valence-electron chi connectivity index (χ1n) is 6.80. The highest BCUT2D eigenvalue weighted by Crippen LogP contribution is 2.26. The average Bonchev–Trinajstić information content (AvgIpc) is 3.01. The van der Waals surface area contributed by atoms with Crippen LogP contribution < -0.4 is 4.90 Å². The van der Waals surface area contributed by atoms with Crippen LogP contribution in [0.2, 0.25) is 0 Å². The highest BCUT2D eigenvalue weighted by Gasteiger charge is 2.28. The predicted molar refractivity (Wildman–Crippen MR) is 78.9 cm³/mol. The number of carboxylic acids is 1. The van der Waals surface area contributed by atoms with E-state index >= 15 is 0 Å². The molecule has 1 aromatic carbocycles. The molecule has 1 aliphatic rings. The normalized spacial score (nSPS) is 15.2. The minimum Gasteiger partial charge on any atom is -0.476 e. The molecule has 2 aromatic rings. The highest BCUT2D eigenvalue weighted by molar-refractivity contribution is 6.04. The quantitative estimate of drug-likeness (QED) is 0.900. The second kappa shape index (κ2) is 5.56. The second-order valence-corrected chi connectivity index (χ2v) is 5.16. The van der Waals surface area contributed by atoms with Gasteiger partial charge in [0.25, 0.3) is 0 Å².